The highest BCUT2D eigenvalue weighted by molar-refractivity contribution is 7.89. The summed E-state index contributed by atoms with van der Waals surface area (Å²) in [6.07, 6.45) is 0.458. The number of hydrogen-bond donors (Lipinski definition) is 2. The van der Waals surface area contributed by atoms with Crippen LogP contribution in [0.4, 0.5) is 0 Å². The molecule has 1 aromatic carbocycles. The van der Waals surface area contributed by atoms with Crippen molar-refractivity contribution < 1.29 is 27.5 Å². The number of methoxy groups -OCH3 is 2. The Hall–Kier alpha value is -1.68. The van der Waals surface area contributed by atoms with E-state index in [2.05, 4.69) is 14.2 Å². The van der Waals surface area contributed by atoms with Crippen molar-refractivity contribution >= 4 is 34.4 Å². The van der Waals surface area contributed by atoms with Crippen molar-refractivity contribution in [3.63, 3.8) is 0 Å². The van der Waals surface area contributed by atoms with Crippen LogP contribution in [-0.2, 0) is 19.5 Å². The molecule has 8 nitrogen and oxygen atoms in total. The number of carbonyl (C=O) groups excluding carboxylic acids is 2. The predicted octanol–water partition coefficient (Wildman–Crippen LogP) is 0.309. The maximum absolute atomic E-state index is 12.2. The van der Waals surface area contributed by atoms with E-state index in [1.807, 2.05) is 0 Å². The van der Waals surface area contributed by atoms with E-state index in [9.17, 15) is 18.0 Å². The summed E-state index contributed by atoms with van der Waals surface area (Å²) in [5.74, 6) is -1.52. The van der Waals surface area contributed by atoms with Crippen LogP contribution in [0, 0.1) is 0 Å². The molecule has 3 N–H and O–H groups in total. The lowest BCUT2D eigenvalue weighted by molar-refractivity contribution is 0.0598. The number of sulfonamides is 1. The third kappa shape index (κ3) is 5.79. The highest BCUT2D eigenvalue weighted by Crippen LogP contribution is 2.17. The minimum Gasteiger partial charge on any atom is -0.465 e. The second-order valence-electron chi connectivity index (χ2n) is 4.27. The van der Waals surface area contributed by atoms with Gasteiger partial charge in [0.2, 0.25) is 10.0 Å². The van der Waals surface area contributed by atoms with E-state index >= 15 is 0 Å². The minimum absolute atomic E-state index is 0. The summed E-state index contributed by atoms with van der Waals surface area (Å²) in [7, 11) is -1.57. The molecular weight excluding hydrogens is 348 g/mol. The van der Waals surface area contributed by atoms with Crippen molar-refractivity contribution in [2.75, 3.05) is 27.3 Å². The summed E-state index contributed by atoms with van der Waals surface area (Å²) in [4.78, 5) is 23.0. The van der Waals surface area contributed by atoms with Crippen LogP contribution in [0.15, 0.2) is 23.1 Å². The molecule has 0 unspecified atom stereocenters. The van der Waals surface area contributed by atoms with E-state index in [0.717, 1.165) is 26.4 Å². The van der Waals surface area contributed by atoms with Crippen LogP contribution in [0.3, 0.4) is 0 Å². The lowest BCUT2D eigenvalue weighted by Crippen LogP contribution is -2.26. The van der Waals surface area contributed by atoms with Crippen LogP contribution in [0.25, 0.3) is 0 Å². The average molecular weight is 367 g/mol. The van der Waals surface area contributed by atoms with Crippen molar-refractivity contribution in [2.24, 2.45) is 5.73 Å². The number of rotatable bonds is 7. The molecular formula is C13H19ClN2O6S. The molecule has 130 valence electrons. The van der Waals surface area contributed by atoms with Gasteiger partial charge in [0.15, 0.2) is 0 Å². The fraction of sp³-hybridized carbons (Fsp3) is 0.385. The fourth-order valence-electron chi connectivity index (χ4n) is 1.62. The summed E-state index contributed by atoms with van der Waals surface area (Å²) in [6, 6.07) is 3.46. The number of hydrogen-bond acceptors (Lipinski definition) is 7. The van der Waals surface area contributed by atoms with Gasteiger partial charge in [-0.3, -0.25) is 0 Å². The molecule has 0 atom stereocenters. The third-order valence-electron chi connectivity index (χ3n) is 2.73. The van der Waals surface area contributed by atoms with Gasteiger partial charge in [-0.2, -0.15) is 0 Å². The van der Waals surface area contributed by atoms with Gasteiger partial charge in [-0.05, 0) is 31.2 Å². The van der Waals surface area contributed by atoms with E-state index in [4.69, 9.17) is 5.73 Å². The van der Waals surface area contributed by atoms with E-state index in [1.165, 1.54) is 6.07 Å². The first-order chi connectivity index (χ1) is 10.4. The molecule has 0 aromatic heterocycles. The van der Waals surface area contributed by atoms with Gasteiger partial charge < -0.3 is 15.2 Å². The number of carbonyl (C=O) groups is 2. The molecule has 0 heterocycles. The zero-order valence-corrected chi connectivity index (χ0v) is 14.3. The van der Waals surface area contributed by atoms with Gasteiger partial charge in [-0.25, -0.2) is 22.7 Å². The van der Waals surface area contributed by atoms with Crippen molar-refractivity contribution in [1.29, 1.82) is 0 Å². The number of benzene rings is 1. The normalized spacial score (nSPS) is 10.6. The maximum Gasteiger partial charge on any atom is 0.337 e. The fourth-order valence-corrected chi connectivity index (χ4v) is 2.76. The molecule has 0 aliphatic heterocycles. The van der Waals surface area contributed by atoms with Gasteiger partial charge in [0, 0.05) is 6.54 Å². The maximum atomic E-state index is 12.2. The Morgan fingerprint density at radius 2 is 1.57 bits per heavy atom. The molecule has 1 aromatic rings. The van der Waals surface area contributed by atoms with Crippen LogP contribution in [-0.4, -0.2) is 47.7 Å². The van der Waals surface area contributed by atoms with Crippen LogP contribution < -0.4 is 10.5 Å². The van der Waals surface area contributed by atoms with Crippen molar-refractivity contribution in [3.05, 3.63) is 29.3 Å². The Balaban J connectivity index is 0.00000484. The Kier molecular flexibility index (Phi) is 8.77. The van der Waals surface area contributed by atoms with Gasteiger partial charge >= 0.3 is 11.9 Å². The smallest absolute Gasteiger partial charge is 0.337 e. The minimum atomic E-state index is -3.88. The summed E-state index contributed by atoms with van der Waals surface area (Å²) in [6.45, 7) is 0.479. The first-order valence-electron chi connectivity index (χ1n) is 6.37. The highest BCUT2D eigenvalue weighted by Gasteiger charge is 2.20. The standard InChI is InChI=1S/C13H18N2O6S.ClH/c1-20-12(16)9-6-10(13(17)21-2)8-11(7-9)22(18,19)15-5-3-4-14;/h6-8,15H,3-5,14H2,1-2H3;1H. The van der Waals surface area contributed by atoms with Crippen LogP contribution in [0.1, 0.15) is 27.1 Å². The molecule has 0 fully saturated rings. The highest BCUT2D eigenvalue weighted by atomic mass is 35.5. The van der Waals surface area contributed by atoms with Crippen molar-refractivity contribution in [3.8, 4) is 0 Å². The molecule has 0 amide bonds. The van der Waals surface area contributed by atoms with E-state index in [-0.39, 0.29) is 35.0 Å². The second-order valence-corrected chi connectivity index (χ2v) is 6.04. The van der Waals surface area contributed by atoms with Gasteiger partial charge in [-0.1, -0.05) is 0 Å². The first-order valence-corrected chi connectivity index (χ1v) is 7.85. The van der Waals surface area contributed by atoms with Gasteiger partial charge in [-0.15, -0.1) is 12.4 Å². The Bertz CT molecular complexity index is 628. The molecule has 1 rings (SSSR count). The molecule has 0 saturated heterocycles. The Morgan fingerprint density at radius 1 is 1.09 bits per heavy atom. The quantitative estimate of drug-likeness (QED) is 0.525. The van der Waals surface area contributed by atoms with Gasteiger partial charge in [0.1, 0.15) is 0 Å². The third-order valence-corrected chi connectivity index (χ3v) is 4.17. The molecule has 0 spiro atoms. The van der Waals surface area contributed by atoms with Crippen molar-refractivity contribution in [1.82, 2.24) is 4.72 Å². The number of halogens is 1. The molecule has 23 heavy (non-hydrogen) atoms. The van der Waals surface area contributed by atoms with Crippen LogP contribution in [0.2, 0.25) is 0 Å². The number of esters is 2. The Morgan fingerprint density at radius 3 is 1.96 bits per heavy atom. The molecule has 0 bridgehead atoms. The predicted molar refractivity (Wildman–Crippen MR) is 85.2 cm³/mol. The van der Waals surface area contributed by atoms with E-state index < -0.39 is 22.0 Å². The molecule has 10 heteroatoms. The summed E-state index contributed by atoms with van der Waals surface area (Å²) >= 11 is 0. The topological polar surface area (TPSA) is 125 Å². The number of nitrogens with one attached hydrogen (secondary N) is 1. The van der Waals surface area contributed by atoms with E-state index in [0.29, 0.717) is 13.0 Å². The molecule has 0 aliphatic carbocycles. The Labute approximate surface area is 140 Å². The van der Waals surface area contributed by atoms with Crippen LogP contribution >= 0.6 is 12.4 Å². The van der Waals surface area contributed by atoms with Crippen LogP contribution in [0.5, 0.6) is 0 Å². The summed E-state index contributed by atoms with van der Waals surface area (Å²) in [5, 5.41) is 0. The summed E-state index contributed by atoms with van der Waals surface area (Å²) < 4.78 is 35.8. The lowest BCUT2D eigenvalue weighted by atomic mass is 10.1. The summed E-state index contributed by atoms with van der Waals surface area (Å²) in [5.41, 5.74) is 5.17. The first kappa shape index (κ1) is 21.3. The van der Waals surface area contributed by atoms with E-state index in [1.54, 1.807) is 0 Å². The van der Waals surface area contributed by atoms with Gasteiger partial charge in [0.05, 0.1) is 30.2 Å². The average Bonchev–Trinajstić information content (AvgIpc) is 2.52. The molecule has 0 radical (unpaired) electrons. The number of nitrogens with two attached hydrogens (primary N) is 1. The van der Waals surface area contributed by atoms with Gasteiger partial charge in [0.25, 0.3) is 0 Å². The SMILES string of the molecule is COC(=O)c1cc(C(=O)OC)cc(S(=O)(=O)NCCCN)c1.Cl. The lowest BCUT2D eigenvalue weighted by Gasteiger charge is -2.10. The molecule has 0 saturated carbocycles. The zero-order valence-electron chi connectivity index (χ0n) is 12.7. The van der Waals surface area contributed by atoms with Crippen molar-refractivity contribution in [2.45, 2.75) is 11.3 Å². The molecule has 0 aliphatic rings. The monoisotopic (exact) mass is 366 g/mol. The largest absolute Gasteiger partial charge is 0.465 e. The second kappa shape index (κ2) is 9.46. The zero-order chi connectivity index (χ0) is 16.8. The number of ether oxygens (including phenoxy) is 2.